The highest BCUT2D eigenvalue weighted by Gasteiger charge is 2.23. The summed E-state index contributed by atoms with van der Waals surface area (Å²) < 4.78 is 26.5. The van der Waals surface area contributed by atoms with Crippen molar-refractivity contribution in [1.82, 2.24) is 14.6 Å². The van der Waals surface area contributed by atoms with Gasteiger partial charge in [0.25, 0.3) is 0 Å². The van der Waals surface area contributed by atoms with Crippen molar-refractivity contribution in [2.75, 3.05) is 13.6 Å². The number of likely N-dealkylation sites (N-methyl/N-ethyl adjacent to an activating group) is 1. The van der Waals surface area contributed by atoms with Gasteiger partial charge >= 0.3 is 0 Å². The monoisotopic (exact) mass is 419 g/mol. The van der Waals surface area contributed by atoms with E-state index < -0.39 is 15.9 Å². The fourth-order valence-corrected chi connectivity index (χ4v) is 4.02. The number of aromatic nitrogens is 1. The Morgan fingerprint density at radius 1 is 1.14 bits per heavy atom. The number of benzene rings is 2. The number of nitrogens with zero attached hydrogens (tertiary/aromatic N) is 1. The lowest BCUT2D eigenvalue weighted by atomic mass is 10.2. The number of fused-ring (bicyclic) bond motifs is 1. The van der Waals surface area contributed by atoms with Gasteiger partial charge in [-0.1, -0.05) is 29.8 Å². The van der Waals surface area contributed by atoms with Crippen LogP contribution in [0.2, 0.25) is 5.02 Å². The number of nitrogens with one attached hydrogen (secondary N) is 2. The van der Waals surface area contributed by atoms with E-state index in [-0.39, 0.29) is 23.5 Å². The van der Waals surface area contributed by atoms with E-state index in [0.29, 0.717) is 15.9 Å². The van der Waals surface area contributed by atoms with Gasteiger partial charge in [-0.3, -0.25) is 9.59 Å². The fraction of sp³-hybridized carbons (Fsp3) is 0.158. The second kappa shape index (κ2) is 8.14. The van der Waals surface area contributed by atoms with Crippen LogP contribution >= 0.6 is 11.6 Å². The molecule has 1 amide bonds. The molecule has 0 bridgehead atoms. The molecule has 28 heavy (non-hydrogen) atoms. The number of pyridine rings is 1. The molecule has 0 fully saturated rings. The highest BCUT2D eigenvalue weighted by molar-refractivity contribution is 7.89. The molecular weight excluding hydrogens is 402 g/mol. The van der Waals surface area contributed by atoms with E-state index in [1.54, 1.807) is 30.3 Å². The maximum atomic E-state index is 12.8. The lowest BCUT2D eigenvalue weighted by Gasteiger charge is -2.17. The molecule has 0 atom stereocenters. The SMILES string of the molecule is CN(CC(=O)NCc1ccccc1Cl)S(=O)(=O)c1ccc2[nH]c(=O)ccc2c1. The van der Waals surface area contributed by atoms with Crippen molar-refractivity contribution in [2.45, 2.75) is 11.4 Å². The van der Waals surface area contributed by atoms with Crippen LogP contribution in [0.4, 0.5) is 0 Å². The Bertz CT molecular complexity index is 1190. The summed E-state index contributed by atoms with van der Waals surface area (Å²) in [5.74, 6) is -0.448. The Balaban J connectivity index is 1.71. The first-order chi connectivity index (χ1) is 13.3. The molecule has 3 aromatic rings. The molecule has 2 aromatic carbocycles. The third-order valence-corrected chi connectivity index (χ3v) is 6.37. The summed E-state index contributed by atoms with van der Waals surface area (Å²) >= 11 is 6.04. The Hall–Kier alpha value is -2.68. The van der Waals surface area contributed by atoms with Crippen molar-refractivity contribution in [3.05, 3.63) is 75.5 Å². The number of H-pyrrole nitrogens is 1. The number of rotatable bonds is 6. The summed E-state index contributed by atoms with van der Waals surface area (Å²) in [4.78, 5) is 26.2. The standard InChI is InChI=1S/C19H18ClN3O4S/c1-23(12-19(25)21-11-14-4-2-3-5-16(14)20)28(26,27)15-7-8-17-13(10-15)6-9-18(24)22-17/h2-10H,11-12H2,1H3,(H,21,25)(H,22,24). The van der Waals surface area contributed by atoms with Crippen molar-refractivity contribution in [3.8, 4) is 0 Å². The van der Waals surface area contributed by atoms with Crippen LogP contribution in [-0.2, 0) is 21.4 Å². The smallest absolute Gasteiger partial charge is 0.248 e. The summed E-state index contributed by atoms with van der Waals surface area (Å²) in [6.07, 6.45) is 0. The van der Waals surface area contributed by atoms with Gasteiger partial charge in [-0.15, -0.1) is 0 Å². The molecular formula is C19H18ClN3O4S. The topological polar surface area (TPSA) is 99.3 Å². The number of sulfonamides is 1. The van der Waals surface area contributed by atoms with Gasteiger partial charge < -0.3 is 10.3 Å². The van der Waals surface area contributed by atoms with Crippen LogP contribution in [0.5, 0.6) is 0 Å². The third kappa shape index (κ3) is 4.41. The van der Waals surface area contributed by atoms with Gasteiger partial charge in [0.1, 0.15) is 0 Å². The van der Waals surface area contributed by atoms with Crippen molar-refractivity contribution < 1.29 is 13.2 Å². The molecule has 7 nitrogen and oxygen atoms in total. The van der Waals surface area contributed by atoms with Gasteiger partial charge in [0, 0.05) is 30.2 Å². The van der Waals surface area contributed by atoms with Crippen LogP contribution in [0.25, 0.3) is 10.9 Å². The predicted octanol–water partition coefficient (Wildman–Crippen LogP) is 2.12. The second-order valence-corrected chi connectivity index (χ2v) is 8.65. The zero-order valence-corrected chi connectivity index (χ0v) is 16.5. The molecule has 9 heteroatoms. The fourth-order valence-electron chi connectivity index (χ4n) is 2.65. The normalized spacial score (nSPS) is 11.7. The molecule has 0 radical (unpaired) electrons. The quantitative estimate of drug-likeness (QED) is 0.639. The number of hydrogen-bond acceptors (Lipinski definition) is 4. The van der Waals surface area contributed by atoms with E-state index in [2.05, 4.69) is 10.3 Å². The van der Waals surface area contributed by atoms with Crippen molar-refractivity contribution in [1.29, 1.82) is 0 Å². The van der Waals surface area contributed by atoms with E-state index in [9.17, 15) is 18.0 Å². The summed E-state index contributed by atoms with van der Waals surface area (Å²) in [7, 11) is -2.54. The minimum Gasteiger partial charge on any atom is -0.351 e. The van der Waals surface area contributed by atoms with Crippen molar-refractivity contribution in [3.63, 3.8) is 0 Å². The molecule has 1 heterocycles. The molecule has 0 unspecified atom stereocenters. The number of carbonyl (C=O) groups is 1. The van der Waals surface area contributed by atoms with Gasteiger partial charge in [-0.2, -0.15) is 4.31 Å². The zero-order valence-electron chi connectivity index (χ0n) is 15.0. The highest BCUT2D eigenvalue weighted by Crippen LogP contribution is 2.19. The first kappa shape index (κ1) is 20.1. The molecule has 2 N–H and O–H groups in total. The average molecular weight is 420 g/mol. The van der Waals surface area contributed by atoms with Gasteiger partial charge in [0.2, 0.25) is 21.5 Å². The second-order valence-electron chi connectivity index (χ2n) is 6.20. The van der Waals surface area contributed by atoms with E-state index in [0.717, 1.165) is 9.87 Å². The predicted molar refractivity (Wildman–Crippen MR) is 108 cm³/mol. The van der Waals surface area contributed by atoms with Crippen molar-refractivity contribution in [2.24, 2.45) is 0 Å². The Kier molecular flexibility index (Phi) is 5.83. The Morgan fingerprint density at radius 3 is 2.64 bits per heavy atom. The minimum absolute atomic E-state index is 0.0356. The average Bonchev–Trinajstić information content (AvgIpc) is 2.66. The van der Waals surface area contributed by atoms with Crippen LogP contribution in [0, 0.1) is 0 Å². The number of amides is 1. The molecule has 0 saturated heterocycles. The molecule has 1 aromatic heterocycles. The van der Waals surface area contributed by atoms with E-state index in [4.69, 9.17) is 11.6 Å². The van der Waals surface area contributed by atoms with Gasteiger partial charge in [0.05, 0.1) is 11.4 Å². The van der Waals surface area contributed by atoms with Crippen LogP contribution < -0.4 is 10.9 Å². The first-order valence-corrected chi connectivity index (χ1v) is 10.2. The molecule has 146 valence electrons. The van der Waals surface area contributed by atoms with Gasteiger partial charge in [-0.25, -0.2) is 8.42 Å². The van der Waals surface area contributed by atoms with E-state index in [1.807, 2.05) is 0 Å². The van der Waals surface area contributed by atoms with Gasteiger partial charge in [0.15, 0.2) is 0 Å². The molecule has 3 rings (SSSR count). The molecule has 0 aliphatic carbocycles. The lowest BCUT2D eigenvalue weighted by Crippen LogP contribution is -2.38. The zero-order chi connectivity index (χ0) is 20.3. The Morgan fingerprint density at radius 2 is 1.89 bits per heavy atom. The summed E-state index contributed by atoms with van der Waals surface area (Å²) in [5, 5.41) is 3.77. The summed E-state index contributed by atoms with van der Waals surface area (Å²) in [6, 6.07) is 14.3. The van der Waals surface area contributed by atoms with Crippen LogP contribution in [0.15, 0.2) is 64.3 Å². The van der Waals surface area contributed by atoms with E-state index >= 15 is 0 Å². The molecule has 0 aliphatic rings. The van der Waals surface area contributed by atoms with Crippen LogP contribution in [0.1, 0.15) is 5.56 Å². The minimum atomic E-state index is -3.87. The Labute approximate surface area is 167 Å². The third-order valence-electron chi connectivity index (χ3n) is 4.20. The van der Waals surface area contributed by atoms with Crippen molar-refractivity contribution >= 4 is 38.4 Å². The van der Waals surface area contributed by atoms with Crippen LogP contribution in [0.3, 0.4) is 0 Å². The first-order valence-electron chi connectivity index (χ1n) is 8.37. The van der Waals surface area contributed by atoms with E-state index in [1.165, 1.54) is 31.3 Å². The maximum Gasteiger partial charge on any atom is 0.248 e. The lowest BCUT2D eigenvalue weighted by molar-refractivity contribution is -0.121. The summed E-state index contributed by atoms with van der Waals surface area (Å²) in [5.41, 5.74) is 1.01. The number of halogens is 1. The number of aromatic amines is 1. The number of carbonyl (C=O) groups excluding carboxylic acids is 1. The van der Waals surface area contributed by atoms with Gasteiger partial charge in [-0.05, 0) is 41.3 Å². The largest absolute Gasteiger partial charge is 0.351 e. The highest BCUT2D eigenvalue weighted by atomic mass is 35.5. The molecule has 0 aliphatic heterocycles. The summed E-state index contributed by atoms with van der Waals surface area (Å²) in [6.45, 7) is -0.133. The molecule has 0 spiro atoms. The maximum absolute atomic E-state index is 12.8. The van der Waals surface area contributed by atoms with Crippen LogP contribution in [-0.4, -0.2) is 37.2 Å². The molecule has 0 saturated carbocycles. The number of hydrogen-bond donors (Lipinski definition) is 2.